The number of carbonyl (C=O) groups is 11. The quantitative estimate of drug-likeness (QED) is 0.168. The highest BCUT2D eigenvalue weighted by Gasteiger charge is 2.38. The second kappa shape index (κ2) is 30.3. The van der Waals surface area contributed by atoms with Gasteiger partial charge in [-0.25, -0.2) is 0 Å². The van der Waals surface area contributed by atoms with Gasteiger partial charge in [0.1, 0.15) is 0 Å². The van der Waals surface area contributed by atoms with Crippen molar-refractivity contribution < 1.29 is 109 Å². The summed E-state index contributed by atoms with van der Waals surface area (Å²) < 4.78 is 0. The third-order valence-corrected chi connectivity index (χ3v) is 20.4. The summed E-state index contributed by atoms with van der Waals surface area (Å²) in [7, 11) is 0. The Morgan fingerprint density at radius 1 is 0.218 bits per heavy atom. The molecule has 8 aromatic carbocycles. The molecule has 0 heterocycles. The summed E-state index contributed by atoms with van der Waals surface area (Å²) in [4.78, 5) is 123. The average Bonchev–Trinajstić information content (AvgIpc) is 0.725. The first-order valence-corrected chi connectivity index (χ1v) is 31.4. The maximum absolute atomic E-state index is 11.6. The molecule has 0 N–H and O–H groups in total. The topological polar surface area (TPSA) is 441 Å². The van der Waals surface area contributed by atoms with E-state index < -0.39 is 82.4 Å². The van der Waals surface area contributed by atoms with Crippen LogP contribution in [0.15, 0.2) is 30.3 Å². The molecule has 2 atom stereocenters. The summed E-state index contributed by atoms with van der Waals surface area (Å²) in [6.45, 7) is 39.2. The minimum Gasteiger partial charge on any atom is -0.545 e. The third-order valence-electron chi connectivity index (χ3n) is 20.4. The predicted molar refractivity (Wildman–Crippen MR) is 352 cm³/mol. The molecule has 8 aromatic rings. The van der Waals surface area contributed by atoms with Crippen molar-refractivity contribution in [3.63, 3.8) is 0 Å². The van der Waals surface area contributed by atoms with Gasteiger partial charge < -0.3 is 109 Å². The number of benzene rings is 8. The molecule has 0 saturated carbocycles. The first-order valence-electron chi connectivity index (χ1n) is 31.4. The van der Waals surface area contributed by atoms with Crippen LogP contribution in [0.1, 0.15) is 262 Å². The monoisotopic (exact) mass is 1370 g/mol. The van der Waals surface area contributed by atoms with E-state index in [0.29, 0.717) is 88.7 Å². The third kappa shape index (κ3) is 14.6. The van der Waals surface area contributed by atoms with Crippen LogP contribution in [0.5, 0.6) is 0 Å². The summed E-state index contributed by atoms with van der Waals surface area (Å²) in [5, 5.41) is 125. The van der Waals surface area contributed by atoms with Crippen LogP contribution < -0.4 is 56.2 Å². The second-order valence-electron chi connectivity index (χ2n) is 25.6. The maximum Gasteiger partial charge on any atom is 0.0724 e. The van der Waals surface area contributed by atoms with Crippen LogP contribution in [0.25, 0.3) is 32.7 Å². The van der Waals surface area contributed by atoms with E-state index in [-0.39, 0.29) is 56.3 Å². The molecule has 101 heavy (non-hydrogen) atoms. The zero-order chi connectivity index (χ0) is 77.6. The highest BCUT2D eigenvalue weighted by molar-refractivity contribution is 6.13. The molecule has 1 aliphatic rings. The first-order chi connectivity index (χ1) is 46.5. The van der Waals surface area contributed by atoms with Crippen LogP contribution in [0, 0.1) is 138 Å². The van der Waals surface area contributed by atoms with Gasteiger partial charge in [0.05, 0.1) is 65.7 Å². The fourth-order valence-electron chi connectivity index (χ4n) is 13.9. The molecule has 1 aliphatic carbocycles. The lowest BCUT2D eigenvalue weighted by Crippen LogP contribution is -2.36. The smallest absolute Gasteiger partial charge is 0.0724 e. The summed E-state index contributed by atoms with van der Waals surface area (Å²) in [6, 6.07) is 5.62. The molecule has 0 saturated heterocycles. The highest BCUT2D eigenvalue weighted by Crippen LogP contribution is 2.51. The number of aromatic carboxylic acids is 11. The standard InChI is InChI=1S/C22H26O4.C18H20O4.C16H16O4.C14H16O4.C9H6O6/c1-9-13(5)19(21(23)24)14(6)10(2)17(9)18-11(3)15(7)20(22(25)26)16(8)12(18)4;1-7-9(3)15(17(19)20)12(6)14-8(2)10(4)16(18(21)22)11(5)13(7)14;1-7-5-11-12(6-8(7)2)14(16(19)20)10(4)9(3)13(11)15(17)18;1-5-6(2)10-9(5)11(13(15)16)7(3)8(4)12(10)14(17)18;10-7(11)4-1-5(8(12)13)3-6(2-4)9(14)15/h1-8H3,(H,23,24)(H,25,26);1-6H3,(H,19,20)(H,21,22);5-6H,1-4H3,(H,17,18)(H,19,20);5-6H,1-4H3,(H,15,16)(H,17,18);1-3H,(H,10,11)(H,12,13)(H,14,15)/p-11. The molecule has 0 aliphatic heterocycles. The van der Waals surface area contributed by atoms with Gasteiger partial charge in [-0.3, -0.25) is 0 Å². The van der Waals surface area contributed by atoms with Crippen molar-refractivity contribution in [3.8, 4) is 11.1 Å². The van der Waals surface area contributed by atoms with E-state index in [1.165, 1.54) is 0 Å². The number of hydrogen-bond acceptors (Lipinski definition) is 22. The van der Waals surface area contributed by atoms with Crippen molar-refractivity contribution in [1.29, 1.82) is 0 Å². The van der Waals surface area contributed by atoms with Crippen molar-refractivity contribution in [3.05, 3.63) is 214 Å². The molecule has 0 fully saturated rings. The number of rotatable bonds is 12. The highest BCUT2D eigenvalue weighted by atomic mass is 16.4. The molecule has 0 amide bonds. The molecule has 0 radical (unpaired) electrons. The molecule has 0 spiro atoms. The summed E-state index contributed by atoms with van der Waals surface area (Å²) in [5.41, 5.74) is 16.4. The number of fused-ring (bicyclic) bond motifs is 3. The molecular weight excluding hydrogens is 1300 g/mol. The van der Waals surface area contributed by atoms with Crippen LogP contribution in [0.2, 0.25) is 0 Å². The summed E-state index contributed by atoms with van der Waals surface area (Å²) >= 11 is 0. The van der Waals surface area contributed by atoms with Crippen molar-refractivity contribution >= 4 is 87.2 Å². The Kier molecular flexibility index (Phi) is 24.0. The van der Waals surface area contributed by atoms with Crippen LogP contribution in [-0.4, -0.2) is 65.7 Å². The largest absolute Gasteiger partial charge is 0.545 e. The Morgan fingerprint density at radius 2 is 0.396 bits per heavy atom. The number of hydrogen-bond donors (Lipinski definition) is 0. The van der Waals surface area contributed by atoms with Gasteiger partial charge in [0.15, 0.2) is 0 Å². The van der Waals surface area contributed by atoms with Crippen molar-refractivity contribution in [2.75, 3.05) is 0 Å². The van der Waals surface area contributed by atoms with E-state index >= 15 is 0 Å². The van der Waals surface area contributed by atoms with Crippen LogP contribution >= 0.6 is 0 Å². The van der Waals surface area contributed by atoms with E-state index in [4.69, 9.17) is 0 Å². The molecule has 9 rings (SSSR count). The van der Waals surface area contributed by atoms with E-state index in [1.807, 2.05) is 69.2 Å². The number of carboxylic acid groups (broad SMARTS) is 11. The number of carbonyl (C=O) groups excluding carboxylic acids is 11. The van der Waals surface area contributed by atoms with Gasteiger partial charge in [-0.15, -0.1) is 0 Å². The number of carboxylic acids is 11. The van der Waals surface area contributed by atoms with E-state index in [1.54, 1.807) is 95.2 Å². The Labute approximate surface area is 582 Å². The zero-order valence-corrected chi connectivity index (χ0v) is 60.0. The van der Waals surface area contributed by atoms with E-state index in [2.05, 4.69) is 0 Å². The first kappa shape index (κ1) is 80.1. The van der Waals surface area contributed by atoms with Gasteiger partial charge in [-0.2, -0.15) is 0 Å². The average molecular weight is 1370 g/mol. The van der Waals surface area contributed by atoms with Crippen LogP contribution in [-0.2, 0) is 0 Å². The predicted octanol–water partition coefficient (Wildman–Crippen LogP) is 1.79. The maximum atomic E-state index is 11.6. The molecule has 2 unspecified atom stereocenters. The molecule has 0 aromatic heterocycles. The fourth-order valence-corrected chi connectivity index (χ4v) is 13.9. The van der Waals surface area contributed by atoms with Crippen molar-refractivity contribution in [2.45, 2.75) is 164 Å². The lowest BCUT2D eigenvalue weighted by Gasteiger charge is -2.41. The normalized spacial score (nSPS) is 12.5. The minimum atomic E-state index is -1.68. The number of aryl methyl sites for hydroxylation is 6. The van der Waals surface area contributed by atoms with Crippen LogP contribution in [0.3, 0.4) is 0 Å². The summed E-state index contributed by atoms with van der Waals surface area (Å²) in [6.07, 6.45) is 0. The lowest BCUT2D eigenvalue weighted by atomic mass is 9.64. The van der Waals surface area contributed by atoms with Gasteiger partial charge in [0.2, 0.25) is 0 Å². The Balaban J connectivity index is 0.000000230. The molecule has 532 valence electrons. The zero-order valence-electron chi connectivity index (χ0n) is 60.0. The molecule has 0 bridgehead atoms. The Hall–Kier alpha value is -11.6. The van der Waals surface area contributed by atoms with Gasteiger partial charge in [0.25, 0.3) is 0 Å². The fraction of sp³-hybridized carbons (Fsp3) is 0.304. The Morgan fingerprint density at radius 3 is 0.594 bits per heavy atom. The second-order valence-corrected chi connectivity index (χ2v) is 25.6. The molecular formula is C79H73O22-11. The SMILES string of the molecule is Cc1c(C(=O)[O-])c(C)c2c(C)c(C)c(C(=O)[O-])c(C)c2c1C.Cc1c(C)c(-c2c(C)c(C)c(C(=O)[O-])c(C)c2C)c(C)c(C)c1C(=O)[O-].Cc1c(C)c(C(=O)[O-])c2c(c1C(=O)[O-])C(C)C2C.Cc1cc2c(C(=O)[O-])c(C)c(C)c(C(=O)[O-])c2cc1C.O=C([O-])c1cc(C(=O)[O-])cc(C(=O)[O-])c1. The van der Waals surface area contributed by atoms with Gasteiger partial charge >= 0.3 is 0 Å². The van der Waals surface area contributed by atoms with Gasteiger partial charge in [0, 0.05) is 44.5 Å². The van der Waals surface area contributed by atoms with E-state index in [9.17, 15) is 109 Å². The van der Waals surface area contributed by atoms with Gasteiger partial charge in [-0.1, -0.05) is 26.0 Å². The molecule has 22 heteroatoms. The minimum absolute atomic E-state index is 0.0327. The van der Waals surface area contributed by atoms with Crippen molar-refractivity contribution in [2.24, 2.45) is 0 Å². The van der Waals surface area contributed by atoms with Gasteiger partial charge in [-0.05, 0) is 340 Å². The lowest BCUT2D eigenvalue weighted by molar-refractivity contribution is -0.257. The van der Waals surface area contributed by atoms with Crippen molar-refractivity contribution in [1.82, 2.24) is 0 Å². The Bertz CT molecular complexity index is 4610. The van der Waals surface area contributed by atoms with Crippen LogP contribution in [0.4, 0.5) is 0 Å². The summed E-state index contributed by atoms with van der Waals surface area (Å²) in [5.74, 6) is -14.8. The van der Waals surface area contributed by atoms with E-state index in [0.717, 1.165) is 84.6 Å². The molecule has 22 nitrogen and oxygen atoms in total.